The molecule has 0 bridgehead atoms. The molecule has 4 heteroatoms. The Balaban J connectivity index is 1.89. The smallest absolute Gasteiger partial charge is 0.243 e. The number of amides is 2. The number of rotatable bonds is 9. The van der Waals surface area contributed by atoms with Gasteiger partial charge in [-0.1, -0.05) is 105 Å². The van der Waals surface area contributed by atoms with Gasteiger partial charge in [-0.2, -0.15) is 0 Å². The van der Waals surface area contributed by atoms with Crippen LogP contribution in [0.15, 0.2) is 78.9 Å². The van der Waals surface area contributed by atoms with Crippen molar-refractivity contribution >= 4 is 11.8 Å². The van der Waals surface area contributed by atoms with Gasteiger partial charge in [0.15, 0.2) is 0 Å². The van der Waals surface area contributed by atoms with Crippen molar-refractivity contribution < 1.29 is 9.59 Å². The molecule has 0 saturated carbocycles. The molecule has 0 spiro atoms. The van der Waals surface area contributed by atoms with Crippen LogP contribution in [0, 0.1) is 6.92 Å². The molecule has 0 heterocycles. The van der Waals surface area contributed by atoms with E-state index in [2.05, 4.69) is 62.5 Å². The van der Waals surface area contributed by atoms with Gasteiger partial charge in [0.2, 0.25) is 11.8 Å². The second-order valence-electron chi connectivity index (χ2n) is 12.4. The van der Waals surface area contributed by atoms with Crippen LogP contribution < -0.4 is 5.32 Å². The molecule has 0 saturated heterocycles. The third-order valence-electron chi connectivity index (χ3n) is 6.69. The van der Waals surface area contributed by atoms with Gasteiger partial charge in [-0.05, 0) is 61.8 Å². The maximum absolute atomic E-state index is 13.9. The van der Waals surface area contributed by atoms with Crippen LogP contribution >= 0.6 is 0 Å². The second-order valence-corrected chi connectivity index (χ2v) is 12.4. The summed E-state index contributed by atoms with van der Waals surface area (Å²) in [4.78, 5) is 29.3. The van der Waals surface area contributed by atoms with Crippen molar-refractivity contribution in [2.75, 3.05) is 0 Å². The number of carbonyl (C=O) groups excluding carboxylic acids is 2. The van der Waals surface area contributed by atoms with Crippen LogP contribution in [0.5, 0.6) is 0 Å². The molecule has 2 amide bonds. The molecule has 3 aromatic rings. The first-order valence-electron chi connectivity index (χ1n) is 13.6. The van der Waals surface area contributed by atoms with Crippen LogP contribution in [0.25, 0.3) is 0 Å². The van der Waals surface area contributed by atoms with Gasteiger partial charge in [-0.15, -0.1) is 0 Å². The van der Waals surface area contributed by atoms with Crippen LogP contribution in [-0.4, -0.2) is 28.3 Å². The molecule has 202 valence electrons. The Labute approximate surface area is 229 Å². The molecule has 0 aromatic heterocycles. The zero-order valence-electron chi connectivity index (χ0n) is 24.2. The van der Waals surface area contributed by atoms with Crippen LogP contribution in [0.3, 0.4) is 0 Å². The molecular weight excluding hydrogens is 468 g/mol. The molecule has 1 atom stereocenters. The summed E-state index contributed by atoms with van der Waals surface area (Å²) in [5.74, 6) is -0.146. The van der Waals surface area contributed by atoms with Crippen LogP contribution in [-0.2, 0) is 34.4 Å². The van der Waals surface area contributed by atoms with Gasteiger partial charge in [0, 0.05) is 24.9 Å². The minimum absolute atomic E-state index is 0.0181. The fraction of sp³-hybridized carbons (Fsp3) is 0.412. The molecule has 4 nitrogen and oxygen atoms in total. The first-order valence-corrected chi connectivity index (χ1v) is 13.6. The Morgan fingerprint density at radius 3 is 1.89 bits per heavy atom. The van der Waals surface area contributed by atoms with Gasteiger partial charge in [-0.3, -0.25) is 9.59 Å². The quantitative estimate of drug-likeness (QED) is 0.344. The minimum atomic E-state index is -0.617. The maximum Gasteiger partial charge on any atom is 0.243 e. The van der Waals surface area contributed by atoms with E-state index in [0.717, 1.165) is 22.3 Å². The Hall–Kier alpha value is -3.40. The average molecular weight is 513 g/mol. The number of benzene rings is 3. The first-order chi connectivity index (χ1) is 17.8. The normalized spacial score (nSPS) is 12.6. The molecule has 0 aliphatic rings. The summed E-state index contributed by atoms with van der Waals surface area (Å²) in [6.45, 7) is 14.9. The number of nitrogens with one attached hydrogen (secondary N) is 1. The third-order valence-corrected chi connectivity index (χ3v) is 6.69. The summed E-state index contributed by atoms with van der Waals surface area (Å²) in [7, 11) is 0. The molecule has 1 N–H and O–H groups in total. The van der Waals surface area contributed by atoms with Gasteiger partial charge in [-0.25, -0.2) is 0 Å². The predicted octanol–water partition coefficient (Wildman–Crippen LogP) is 6.78. The molecule has 0 aliphatic carbocycles. The van der Waals surface area contributed by atoms with E-state index in [1.54, 1.807) is 4.90 Å². The number of hydrogen-bond acceptors (Lipinski definition) is 2. The second kappa shape index (κ2) is 12.4. The van der Waals surface area contributed by atoms with E-state index in [0.29, 0.717) is 25.8 Å². The minimum Gasteiger partial charge on any atom is -0.350 e. The first kappa shape index (κ1) is 29.2. The van der Waals surface area contributed by atoms with Gasteiger partial charge in [0.1, 0.15) is 6.04 Å². The van der Waals surface area contributed by atoms with E-state index in [-0.39, 0.29) is 17.2 Å². The van der Waals surface area contributed by atoms with Crippen molar-refractivity contribution in [2.45, 2.75) is 91.3 Å². The molecule has 1 unspecified atom stereocenters. The third kappa shape index (κ3) is 8.86. The van der Waals surface area contributed by atoms with Gasteiger partial charge in [0.25, 0.3) is 0 Å². The van der Waals surface area contributed by atoms with Crippen molar-refractivity contribution in [1.82, 2.24) is 10.2 Å². The van der Waals surface area contributed by atoms with Crippen molar-refractivity contribution in [3.05, 3.63) is 107 Å². The summed E-state index contributed by atoms with van der Waals surface area (Å²) in [5, 5.41) is 3.13. The van der Waals surface area contributed by atoms with E-state index in [1.165, 1.54) is 5.56 Å². The molecule has 0 fully saturated rings. The zero-order chi connectivity index (χ0) is 27.9. The van der Waals surface area contributed by atoms with E-state index in [9.17, 15) is 9.59 Å². The van der Waals surface area contributed by atoms with E-state index in [1.807, 2.05) is 70.2 Å². The van der Waals surface area contributed by atoms with Crippen molar-refractivity contribution in [1.29, 1.82) is 0 Å². The number of hydrogen-bond donors (Lipinski definition) is 1. The lowest BCUT2D eigenvalue weighted by Crippen LogP contribution is -2.54. The van der Waals surface area contributed by atoms with Crippen molar-refractivity contribution in [2.24, 2.45) is 0 Å². The van der Waals surface area contributed by atoms with Crippen LogP contribution in [0.2, 0.25) is 0 Å². The molecule has 0 radical (unpaired) electrons. The fourth-order valence-electron chi connectivity index (χ4n) is 4.46. The lowest BCUT2D eigenvalue weighted by molar-refractivity contribution is -0.141. The number of carbonyl (C=O) groups is 2. The Morgan fingerprint density at radius 2 is 1.34 bits per heavy atom. The zero-order valence-corrected chi connectivity index (χ0v) is 24.2. The lowest BCUT2D eigenvalue weighted by atomic mass is 9.86. The highest BCUT2D eigenvalue weighted by molar-refractivity contribution is 5.88. The summed E-state index contributed by atoms with van der Waals surface area (Å²) in [5.41, 5.74) is 5.29. The van der Waals surface area contributed by atoms with Crippen molar-refractivity contribution in [3.8, 4) is 0 Å². The van der Waals surface area contributed by atoms with Crippen LogP contribution in [0.1, 0.15) is 75.8 Å². The van der Waals surface area contributed by atoms with Gasteiger partial charge < -0.3 is 10.2 Å². The van der Waals surface area contributed by atoms with Crippen molar-refractivity contribution in [3.63, 3.8) is 0 Å². The summed E-state index contributed by atoms with van der Waals surface area (Å²) >= 11 is 0. The topological polar surface area (TPSA) is 49.4 Å². The molecule has 38 heavy (non-hydrogen) atoms. The standard InChI is InChI=1S/C34H44N2O2/c1-25-13-15-28(16-14-25)24-36(31(37)22-19-26-17-20-29(21-18-26)33(2,3)4)30(32(38)35-34(5,6)7)23-27-11-9-8-10-12-27/h8-18,20-21,30H,19,22-24H2,1-7H3,(H,35,38). The molecule has 3 aromatic carbocycles. The largest absolute Gasteiger partial charge is 0.350 e. The van der Waals surface area contributed by atoms with Gasteiger partial charge >= 0.3 is 0 Å². The molecule has 3 rings (SSSR count). The monoisotopic (exact) mass is 512 g/mol. The number of aryl methyl sites for hydroxylation is 2. The molecule has 0 aliphatic heterocycles. The highest BCUT2D eigenvalue weighted by Gasteiger charge is 2.32. The van der Waals surface area contributed by atoms with Crippen LogP contribution in [0.4, 0.5) is 0 Å². The predicted molar refractivity (Wildman–Crippen MR) is 157 cm³/mol. The Bertz CT molecular complexity index is 1180. The average Bonchev–Trinajstić information content (AvgIpc) is 2.85. The Morgan fingerprint density at radius 1 is 0.763 bits per heavy atom. The summed E-state index contributed by atoms with van der Waals surface area (Å²) in [6, 6.07) is 26.1. The summed E-state index contributed by atoms with van der Waals surface area (Å²) in [6.07, 6.45) is 1.43. The molecular formula is C34H44N2O2. The maximum atomic E-state index is 13.9. The lowest BCUT2D eigenvalue weighted by Gasteiger charge is -2.34. The SMILES string of the molecule is Cc1ccc(CN(C(=O)CCc2ccc(C(C)(C)C)cc2)C(Cc2ccccc2)C(=O)NC(C)(C)C)cc1. The highest BCUT2D eigenvalue weighted by Crippen LogP contribution is 2.23. The Kier molecular flexibility index (Phi) is 9.54. The summed E-state index contributed by atoms with van der Waals surface area (Å²) < 4.78 is 0. The van der Waals surface area contributed by atoms with E-state index >= 15 is 0 Å². The fourth-order valence-corrected chi connectivity index (χ4v) is 4.46. The van der Waals surface area contributed by atoms with Gasteiger partial charge in [0.05, 0.1) is 0 Å². The van der Waals surface area contributed by atoms with E-state index in [4.69, 9.17) is 0 Å². The highest BCUT2D eigenvalue weighted by atomic mass is 16.2. The van der Waals surface area contributed by atoms with E-state index < -0.39 is 11.6 Å². The number of nitrogens with zero attached hydrogens (tertiary/aromatic N) is 1.